The standard InChI is InChI=1S/C12H12FN3OS/c13-9-3-1-4-10(16-7-2-5-15-16)11(9)12(17)14-6-8-18/h1-5,7,18H,6,8H2,(H,14,17). The van der Waals surface area contributed by atoms with Crippen molar-refractivity contribution >= 4 is 18.5 Å². The number of hydrogen-bond acceptors (Lipinski definition) is 3. The first-order valence-corrected chi connectivity index (χ1v) is 6.05. The summed E-state index contributed by atoms with van der Waals surface area (Å²) in [5.41, 5.74) is 0.402. The molecule has 1 aromatic heterocycles. The topological polar surface area (TPSA) is 46.9 Å². The van der Waals surface area contributed by atoms with E-state index >= 15 is 0 Å². The Balaban J connectivity index is 2.42. The summed E-state index contributed by atoms with van der Waals surface area (Å²) in [4.78, 5) is 11.9. The van der Waals surface area contributed by atoms with Crippen LogP contribution in [0.15, 0.2) is 36.7 Å². The lowest BCUT2D eigenvalue weighted by Crippen LogP contribution is -2.27. The van der Waals surface area contributed by atoms with Gasteiger partial charge in [0.05, 0.1) is 5.69 Å². The van der Waals surface area contributed by atoms with Crippen LogP contribution in [0, 0.1) is 5.82 Å². The molecule has 0 saturated heterocycles. The van der Waals surface area contributed by atoms with Crippen molar-refractivity contribution in [3.05, 3.63) is 48.0 Å². The fourth-order valence-electron chi connectivity index (χ4n) is 1.60. The Labute approximate surface area is 109 Å². The minimum atomic E-state index is -0.570. The molecule has 6 heteroatoms. The maximum absolute atomic E-state index is 13.8. The number of amides is 1. The molecular formula is C12H12FN3OS. The normalized spacial score (nSPS) is 10.3. The highest BCUT2D eigenvalue weighted by molar-refractivity contribution is 7.80. The number of nitrogens with one attached hydrogen (secondary N) is 1. The highest BCUT2D eigenvalue weighted by Crippen LogP contribution is 2.17. The lowest BCUT2D eigenvalue weighted by Gasteiger charge is -2.10. The third kappa shape index (κ3) is 2.53. The SMILES string of the molecule is O=C(NCCS)c1c(F)cccc1-n1cccn1. The summed E-state index contributed by atoms with van der Waals surface area (Å²) in [6.45, 7) is 0.384. The number of thiol groups is 1. The summed E-state index contributed by atoms with van der Waals surface area (Å²) in [6, 6.07) is 6.15. The summed E-state index contributed by atoms with van der Waals surface area (Å²) in [5.74, 6) is -0.538. The van der Waals surface area contributed by atoms with E-state index in [9.17, 15) is 9.18 Å². The summed E-state index contributed by atoms with van der Waals surface area (Å²) < 4.78 is 15.3. The Morgan fingerprint density at radius 2 is 2.28 bits per heavy atom. The zero-order valence-corrected chi connectivity index (χ0v) is 10.4. The van der Waals surface area contributed by atoms with Gasteiger partial charge in [-0.15, -0.1) is 0 Å². The molecule has 1 aromatic carbocycles. The monoisotopic (exact) mass is 265 g/mol. The van der Waals surface area contributed by atoms with Crippen molar-refractivity contribution in [1.82, 2.24) is 15.1 Å². The molecule has 0 fully saturated rings. The molecule has 94 valence electrons. The number of carbonyl (C=O) groups excluding carboxylic acids is 1. The van der Waals surface area contributed by atoms with Gasteiger partial charge in [0.1, 0.15) is 11.4 Å². The minimum Gasteiger partial charge on any atom is -0.351 e. The van der Waals surface area contributed by atoms with E-state index < -0.39 is 11.7 Å². The number of benzene rings is 1. The van der Waals surface area contributed by atoms with Crippen molar-refractivity contribution < 1.29 is 9.18 Å². The average molecular weight is 265 g/mol. The molecule has 0 atom stereocenters. The van der Waals surface area contributed by atoms with Crippen LogP contribution in [0.5, 0.6) is 0 Å². The molecule has 0 spiro atoms. The predicted molar refractivity (Wildman–Crippen MR) is 69.7 cm³/mol. The van der Waals surface area contributed by atoms with E-state index in [1.54, 1.807) is 30.6 Å². The van der Waals surface area contributed by atoms with Crippen LogP contribution in [0.4, 0.5) is 4.39 Å². The molecule has 4 nitrogen and oxygen atoms in total. The van der Waals surface area contributed by atoms with E-state index in [-0.39, 0.29) is 5.56 Å². The van der Waals surface area contributed by atoms with Gasteiger partial charge in [0.15, 0.2) is 0 Å². The molecule has 1 amide bonds. The number of aromatic nitrogens is 2. The Morgan fingerprint density at radius 3 is 2.94 bits per heavy atom. The maximum Gasteiger partial charge on any atom is 0.256 e. The zero-order valence-electron chi connectivity index (χ0n) is 9.51. The molecule has 0 aliphatic heterocycles. The third-order valence-electron chi connectivity index (χ3n) is 2.37. The van der Waals surface area contributed by atoms with Gasteiger partial charge in [0.25, 0.3) is 5.91 Å². The highest BCUT2D eigenvalue weighted by atomic mass is 32.1. The van der Waals surface area contributed by atoms with Gasteiger partial charge in [-0.3, -0.25) is 4.79 Å². The number of hydrogen-bond donors (Lipinski definition) is 2. The molecule has 0 aliphatic rings. The highest BCUT2D eigenvalue weighted by Gasteiger charge is 2.17. The summed E-state index contributed by atoms with van der Waals surface area (Å²) in [5, 5.41) is 6.60. The van der Waals surface area contributed by atoms with Crippen LogP contribution in [0.25, 0.3) is 5.69 Å². The summed E-state index contributed by atoms with van der Waals surface area (Å²) in [6.07, 6.45) is 3.23. The average Bonchev–Trinajstić information content (AvgIpc) is 2.89. The van der Waals surface area contributed by atoms with E-state index in [2.05, 4.69) is 23.0 Å². The molecule has 2 rings (SSSR count). The number of rotatable bonds is 4. The van der Waals surface area contributed by atoms with Gasteiger partial charge in [0.2, 0.25) is 0 Å². The van der Waals surface area contributed by atoms with Crippen LogP contribution < -0.4 is 5.32 Å². The first-order chi connectivity index (χ1) is 8.74. The molecule has 1 N–H and O–H groups in total. The van der Waals surface area contributed by atoms with Crippen molar-refractivity contribution in [3.63, 3.8) is 0 Å². The van der Waals surface area contributed by atoms with Gasteiger partial charge in [-0.1, -0.05) is 6.07 Å². The molecule has 1 heterocycles. The number of halogens is 1. The largest absolute Gasteiger partial charge is 0.351 e. The first kappa shape index (κ1) is 12.6. The first-order valence-electron chi connectivity index (χ1n) is 5.41. The molecule has 2 aromatic rings. The van der Waals surface area contributed by atoms with E-state index in [1.807, 2.05) is 0 Å². The molecule has 0 aliphatic carbocycles. The van der Waals surface area contributed by atoms with Crippen molar-refractivity contribution in [1.29, 1.82) is 0 Å². The van der Waals surface area contributed by atoms with E-state index in [4.69, 9.17) is 0 Å². The van der Waals surface area contributed by atoms with Crippen molar-refractivity contribution in [2.45, 2.75) is 0 Å². The maximum atomic E-state index is 13.8. The van der Waals surface area contributed by atoms with E-state index in [0.717, 1.165) is 0 Å². The molecule has 0 saturated carbocycles. The molecule has 18 heavy (non-hydrogen) atoms. The third-order valence-corrected chi connectivity index (χ3v) is 2.59. The second kappa shape index (κ2) is 5.68. The number of nitrogens with zero attached hydrogens (tertiary/aromatic N) is 2. The van der Waals surface area contributed by atoms with Gasteiger partial charge in [-0.2, -0.15) is 17.7 Å². The quantitative estimate of drug-likeness (QED) is 0.826. The molecule has 0 bridgehead atoms. The van der Waals surface area contributed by atoms with Crippen LogP contribution in [0.2, 0.25) is 0 Å². The second-order valence-electron chi connectivity index (χ2n) is 3.56. The Hall–Kier alpha value is -1.82. The molecular weight excluding hydrogens is 253 g/mol. The van der Waals surface area contributed by atoms with Gasteiger partial charge >= 0.3 is 0 Å². The fourth-order valence-corrected chi connectivity index (χ4v) is 1.71. The van der Waals surface area contributed by atoms with Gasteiger partial charge < -0.3 is 5.32 Å². The van der Waals surface area contributed by atoms with Crippen LogP contribution in [-0.4, -0.2) is 28.0 Å². The number of carbonyl (C=O) groups is 1. The van der Waals surface area contributed by atoms with Gasteiger partial charge in [0, 0.05) is 24.7 Å². The molecule has 0 unspecified atom stereocenters. The Morgan fingerprint density at radius 1 is 1.44 bits per heavy atom. The van der Waals surface area contributed by atoms with Crippen molar-refractivity contribution in [3.8, 4) is 5.69 Å². The van der Waals surface area contributed by atoms with Gasteiger partial charge in [-0.05, 0) is 18.2 Å². The smallest absolute Gasteiger partial charge is 0.256 e. The van der Waals surface area contributed by atoms with Crippen LogP contribution >= 0.6 is 12.6 Å². The minimum absolute atomic E-state index is 0.0111. The van der Waals surface area contributed by atoms with E-state index in [1.165, 1.54) is 10.7 Å². The fraction of sp³-hybridized carbons (Fsp3) is 0.167. The lowest BCUT2D eigenvalue weighted by molar-refractivity contribution is 0.0952. The Kier molecular flexibility index (Phi) is 3.99. The lowest BCUT2D eigenvalue weighted by atomic mass is 10.1. The van der Waals surface area contributed by atoms with Crippen LogP contribution in [0.1, 0.15) is 10.4 Å². The van der Waals surface area contributed by atoms with Crippen LogP contribution in [0.3, 0.4) is 0 Å². The van der Waals surface area contributed by atoms with Gasteiger partial charge in [-0.25, -0.2) is 9.07 Å². The molecule has 0 radical (unpaired) electrons. The Bertz CT molecular complexity index is 542. The second-order valence-corrected chi connectivity index (χ2v) is 4.01. The summed E-state index contributed by atoms with van der Waals surface area (Å²) >= 11 is 3.99. The van der Waals surface area contributed by atoms with Crippen LogP contribution in [-0.2, 0) is 0 Å². The van der Waals surface area contributed by atoms with Crippen molar-refractivity contribution in [2.75, 3.05) is 12.3 Å². The predicted octanol–water partition coefficient (Wildman–Crippen LogP) is 1.67. The van der Waals surface area contributed by atoms with Crippen molar-refractivity contribution in [2.24, 2.45) is 0 Å². The summed E-state index contributed by atoms with van der Waals surface area (Å²) in [7, 11) is 0. The zero-order chi connectivity index (χ0) is 13.0. The van der Waals surface area contributed by atoms with E-state index in [0.29, 0.717) is 18.0 Å².